The molecule has 86 valence electrons. The van der Waals surface area contributed by atoms with Gasteiger partial charge in [-0.15, -0.1) is 0 Å². The van der Waals surface area contributed by atoms with E-state index in [0.717, 1.165) is 18.2 Å². The van der Waals surface area contributed by atoms with Crippen LogP contribution in [0.2, 0.25) is 0 Å². The Labute approximate surface area is 88.8 Å². The van der Waals surface area contributed by atoms with E-state index in [1.165, 1.54) is 0 Å². The van der Waals surface area contributed by atoms with Crippen LogP contribution in [0, 0.1) is 0 Å². The first-order chi connectivity index (χ1) is 7.31. The first kappa shape index (κ1) is 10.7. The predicted octanol–water partition coefficient (Wildman–Crippen LogP) is 1.46. The highest BCUT2D eigenvalue weighted by molar-refractivity contribution is 5.88. The molecule has 2 rings (SSSR count). The average molecular weight is 230 g/mol. The fourth-order valence-electron chi connectivity index (χ4n) is 1.81. The maximum absolute atomic E-state index is 13.1. The standard InChI is InChI=1S/C10H8F2O4/c11-10(12)4-9(10,8(15)16)6-2-1-5(13)3-7(6)14/h1-3,13-14H,4H2,(H,15,16). The van der Waals surface area contributed by atoms with Crippen molar-refractivity contribution in [2.45, 2.75) is 17.8 Å². The van der Waals surface area contributed by atoms with Crippen LogP contribution in [-0.2, 0) is 10.2 Å². The van der Waals surface area contributed by atoms with E-state index in [4.69, 9.17) is 10.2 Å². The van der Waals surface area contributed by atoms with Crippen LogP contribution >= 0.6 is 0 Å². The van der Waals surface area contributed by atoms with Gasteiger partial charge >= 0.3 is 5.97 Å². The first-order valence-electron chi connectivity index (χ1n) is 4.45. The Morgan fingerprint density at radius 1 is 1.31 bits per heavy atom. The molecule has 1 unspecified atom stereocenters. The SMILES string of the molecule is O=C(O)C1(c2ccc(O)cc2O)CC1(F)F. The summed E-state index contributed by atoms with van der Waals surface area (Å²) in [5.41, 5.74) is -2.73. The van der Waals surface area contributed by atoms with Crippen LogP contribution in [0.5, 0.6) is 11.5 Å². The summed E-state index contributed by atoms with van der Waals surface area (Å²) < 4.78 is 26.2. The molecule has 0 spiro atoms. The molecule has 1 aliphatic carbocycles. The summed E-state index contributed by atoms with van der Waals surface area (Å²) in [5.74, 6) is -6.00. The van der Waals surface area contributed by atoms with E-state index in [9.17, 15) is 18.7 Å². The summed E-state index contributed by atoms with van der Waals surface area (Å²) in [5, 5.41) is 27.2. The highest BCUT2D eigenvalue weighted by atomic mass is 19.3. The van der Waals surface area contributed by atoms with Gasteiger partial charge in [-0.25, -0.2) is 8.78 Å². The second-order valence-electron chi connectivity index (χ2n) is 3.79. The van der Waals surface area contributed by atoms with E-state index in [2.05, 4.69) is 0 Å². The fraction of sp³-hybridized carbons (Fsp3) is 0.300. The van der Waals surface area contributed by atoms with Gasteiger partial charge in [0.2, 0.25) is 0 Å². The number of phenolic OH excluding ortho intramolecular Hbond substituents is 2. The van der Waals surface area contributed by atoms with Crippen molar-refractivity contribution in [2.24, 2.45) is 0 Å². The quantitative estimate of drug-likeness (QED) is 0.718. The smallest absolute Gasteiger partial charge is 0.320 e. The highest BCUT2D eigenvalue weighted by Gasteiger charge is 2.78. The molecule has 1 atom stereocenters. The molecule has 1 fully saturated rings. The molecule has 0 saturated heterocycles. The molecule has 0 bridgehead atoms. The van der Waals surface area contributed by atoms with Crippen LogP contribution < -0.4 is 0 Å². The maximum Gasteiger partial charge on any atom is 0.320 e. The van der Waals surface area contributed by atoms with Gasteiger partial charge in [-0.1, -0.05) is 6.07 Å². The van der Waals surface area contributed by atoms with Gasteiger partial charge in [0.1, 0.15) is 11.5 Å². The summed E-state index contributed by atoms with van der Waals surface area (Å²) in [6.07, 6.45) is -0.840. The van der Waals surface area contributed by atoms with E-state index in [-0.39, 0.29) is 11.3 Å². The van der Waals surface area contributed by atoms with Gasteiger partial charge in [0.05, 0.1) is 0 Å². The zero-order valence-electron chi connectivity index (χ0n) is 7.94. The van der Waals surface area contributed by atoms with Crippen LogP contribution in [0.4, 0.5) is 8.78 Å². The lowest BCUT2D eigenvalue weighted by Crippen LogP contribution is -2.27. The number of benzene rings is 1. The summed E-state index contributed by atoms with van der Waals surface area (Å²) >= 11 is 0. The number of halogens is 2. The van der Waals surface area contributed by atoms with Crippen LogP contribution in [0.3, 0.4) is 0 Å². The molecule has 16 heavy (non-hydrogen) atoms. The lowest BCUT2D eigenvalue weighted by atomic mass is 9.94. The Morgan fingerprint density at radius 3 is 2.25 bits per heavy atom. The third kappa shape index (κ3) is 1.16. The molecule has 1 aromatic carbocycles. The Kier molecular flexibility index (Phi) is 1.89. The van der Waals surface area contributed by atoms with E-state index in [1.54, 1.807) is 0 Å². The minimum atomic E-state index is -3.37. The van der Waals surface area contributed by atoms with Crippen molar-refractivity contribution < 1.29 is 28.9 Å². The molecule has 0 heterocycles. The molecule has 1 aromatic rings. The number of carbonyl (C=O) groups is 1. The van der Waals surface area contributed by atoms with Gasteiger partial charge in [0.15, 0.2) is 5.41 Å². The minimum absolute atomic E-state index is 0.314. The van der Waals surface area contributed by atoms with Crippen molar-refractivity contribution in [3.05, 3.63) is 23.8 Å². The zero-order valence-corrected chi connectivity index (χ0v) is 7.94. The maximum atomic E-state index is 13.1. The van der Waals surface area contributed by atoms with Gasteiger partial charge in [-0.3, -0.25) is 4.79 Å². The van der Waals surface area contributed by atoms with Gasteiger partial charge in [-0.2, -0.15) is 0 Å². The molecule has 4 nitrogen and oxygen atoms in total. The van der Waals surface area contributed by atoms with Crippen LogP contribution in [0.1, 0.15) is 12.0 Å². The second kappa shape index (κ2) is 2.84. The van der Waals surface area contributed by atoms with E-state index in [0.29, 0.717) is 0 Å². The van der Waals surface area contributed by atoms with Crippen molar-refractivity contribution in [1.29, 1.82) is 0 Å². The number of rotatable bonds is 2. The van der Waals surface area contributed by atoms with Gasteiger partial charge < -0.3 is 15.3 Å². The van der Waals surface area contributed by atoms with E-state index in [1.807, 2.05) is 0 Å². The molecule has 0 aliphatic heterocycles. The third-order valence-electron chi connectivity index (χ3n) is 2.79. The molecule has 0 amide bonds. The fourth-order valence-corrected chi connectivity index (χ4v) is 1.81. The van der Waals surface area contributed by atoms with Gasteiger partial charge in [0, 0.05) is 18.1 Å². The third-order valence-corrected chi connectivity index (χ3v) is 2.79. The molecule has 0 aromatic heterocycles. The van der Waals surface area contributed by atoms with Gasteiger partial charge in [0.25, 0.3) is 5.92 Å². The summed E-state index contributed by atoms with van der Waals surface area (Å²) in [6, 6.07) is 2.91. The molecule has 1 aliphatic rings. The molecule has 0 radical (unpaired) electrons. The lowest BCUT2D eigenvalue weighted by Gasteiger charge is -2.13. The lowest BCUT2D eigenvalue weighted by molar-refractivity contribution is -0.143. The van der Waals surface area contributed by atoms with Gasteiger partial charge in [-0.05, 0) is 6.07 Å². The van der Waals surface area contributed by atoms with Crippen molar-refractivity contribution >= 4 is 5.97 Å². The van der Waals surface area contributed by atoms with E-state index < -0.39 is 29.5 Å². The number of hydrogen-bond acceptors (Lipinski definition) is 3. The number of alkyl halides is 2. The minimum Gasteiger partial charge on any atom is -0.508 e. The number of aromatic hydroxyl groups is 2. The topological polar surface area (TPSA) is 77.8 Å². The highest BCUT2D eigenvalue weighted by Crippen LogP contribution is 2.63. The Morgan fingerprint density at radius 2 is 1.88 bits per heavy atom. The molecular formula is C10H8F2O4. The Hall–Kier alpha value is -1.85. The molecular weight excluding hydrogens is 222 g/mol. The van der Waals surface area contributed by atoms with Crippen LogP contribution in [-0.4, -0.2) is 27.2 Å². The summed E-state index contributed by atoms with van der Waals surface area (Å²) in [7, 11) is 0. The molecule has 1 saturated carbocycles. The van der Waals surface area contributed by atoms with E-state index >= 15 is 0 Å². The van der Waals surface area contributed by atoms with Crippen molar-refractivity contribution in [3.63, 3.8) is 0 Å². The number of carboxylic acid groups (broad SMARTS) is 1. The van der Waals surface area contributed by atoms with Crippen molar-refractivity contribution in [3.8, 4) is 11.5 Å². The first-order valence-corrected chi connectivity index (χ1v) is 4.45. The largest absolute Gasteiger partial charge is 0.508 e. The molecule has 3 N–H and O–H groups in total. The molecule has 6 heteroatoms. The Bertz CT molecular complexity index is 472. The normalized spacial score (nSPS) is 26.4. The number of phenols is 2. The van der Waals surface area contributed by atoms with Crippen molar-refractivity contribution in [2.75, 3.05) is 0 Å². The Balaban J connectivity index is 2.56. The number of aliphatic carboxylic acids is 1. The van der Waals surface area contributed by atoms with Crippen molar-refractivity contribution in [1.82, 2.24) is 0 Å². The predicted molar refractivity (Wildman–Crippen MR) is 48.6 cm³/mol. The average Bonchev–Trinajstić information content (AvgIpc) is 2.70. The number of hydrogen-bond donors (Lipinski definition) is 3. The zero-order chi connectivity index (χ0) is 12.1. The second-order valence-corrected chi connectivity index (χ2v) is 3.79. The number of carboxylic acids is 1. The summed E-state index contributed by atoms with van der Waals surface area (Å²) in [4.78, 5) is 10.9. The summed E-state index contributed by atoms with van der Waals surface area (Å²) in [6.45, 7) is 0. The van der Waals surface area contributed by atoms with Crippen LogP contribution in [0.15, 0.2) is 18.2 Å². The van der Waals surface area contributed by atoms with Crippen LogP contribution in [0.25, 0.3) is 0 Å². The monoisotopic (exact) mass is 230 g/mol.